The van der Waals surface area contributed by atoms with Crippen molar-refractivity contribution >= 4 is 0 Å². The second-order valence-electron chi connectivity index (χ2n) is 6.74. The summed E-state index contributed by atoms with van der Waals surface area (Å²) in [5.41, 5.74) is 6.50. The van der Waals surface area contributed by atoms with Gasteiger partial charge in [0.05, 0.1) is 0 Å². The van der Waals surface area contributed by atoms with Crippen LogP contribution in [0.15, 0.2) is 0 Å². The molecule has 1 heteroatoms. The van der Waals surface area contributed by atoms with Crippen LogP contribution < -0.4 is 5.73 Å². The highest BCUT2D eigenvalue weighted by atomic mass is 14.7. The van der Waals surface area contributed by atoms with Crippen molar-refractivity contribution in [3.8, 4) is 0 Å². The van der Waals surface area contributed by atoms with Crippen molar-refractivity contribution in [1.29, 1.82) is 0 Å². The molecular formula is C15H27N. The third kappa shape index (κ3) is 2.16. The van der Waals surface area contributed by atoms with Gasteiger partial charge in [0.2, 0.25) is 0 Å². The Morgan fingerprint density at radius 3 is 2.38 bits per heavy atom. The van der Waals surface area contributed by atoms with Crippen molar-refractivity contribution in [3.05, 3.63) is 0 Å². The average Bonchev–Trinajstić information content (AvgIpc) is 2.92. The molecule has 3 saturated carbocycles. The first-order valence-corrected chi connectivity index (χ1v) is 7.58. The molecule has 0 aliphatic heterocycles. The van der Waals surface area contributed by atoms with E-state index in [1.807, 2.05) is 0 Å². The first-order chi connectivity index (χ1) is 7.83. The maximum atomic E-state index is 6.50. The van der Waals surface area contributed by atoms with Gasteiger partial charge in [0.25, 0.3) is 0 Å². The van der Waals surface area contributed by atoms with Gasteiger partial charge < -0.3 is 5.73 Å². The average molecular weight is 221 g/mol. The van der Waals surface area contributed by atoms with E-state index in [1.165, 1.54) is 64.2 Å². The molecule has 0 radical (unpaired) electrons. The molecule has 0 aromatic heterocycles. The smallest absolute Gasteiger partial charge is 0.00725 e. The van der Waals surface area contributed by atoms with Gasteiger partial charge in [0, 0.05) is 6.04 Å². The van der Waals surface area contributed by atoms with Gasteiger partial charge in [-0.25, -0.2) is 0 Å². The fourth-order valence-corrected chi connectivity index (χ4v) is 4.80. The highest BCUT2D eigenvalue weighted by Gasteiger charge is 2.42. The predicted octanol–water partition coefficient (Wildman–Crippen LogP) is 3.72. The van der Waals surface area contributed by atoms with Crippen LogP contribution >= 0.6 is 0 Å². The molecule has 0 saturated heterocycles. The van der Waals surface area contributed by atoms with E-state index in [9.17, 15) is 0 Å². The third-order valence-corrected chi connectivity index (χ3v) is 5.67. The van der Waals surface area contributed by atoms with Crippen LogP contribution in [0, 0.1) is 23.7 Å². The van der Waals surface area contributed by atoms with Crippen LogP contribution in [0.3, 0.4) is 0 Å². The van der Waals surface area contributed by atoms with Crippen LogP contribution in [0.5, 0.6) is 0 Å². The standard InChI is InChI=1S/C15H27N/c16-15(10-11-4-2-1-3-5-11)14-9-12-6-7-13(14)8-12/h11-15H,1-10,16H2. The molecule has 2 N–H and O–H groups in total. The molecule has 92 valence electrons. The second-order valence-corrected chi connectivity index (χ2v) is 6.74. The Morgan fingerprint density at radius 2 is 1.75 bits per heavy atom. The Labute approximate surface area is 100 Å². The van der Waals surface area contributed by atoms with Gasteiger partial charge in [-0.3, -0.25) is 0 Å². The zero-order valence-corrected chi connectivity index (χ0v) is 10.5. The highest BCUT2D eigenvalue weighted by Crippen LogP contribution is 2.50. The highest BCUT2D eigenvalue weighted by molar-refractivity contribution is 4.94. The number of rotatable bonds is 3. The molecule has 0 aromatic carbocycles. The molecule has 2 bridgehead atoms. The van der Waals surface area contributed by atoms with Crippen molar-refractivity contribution in [2.45, 2.75) is 70.3 Å². The monoisotopic (exact) mass is 221 g/mol. The van der Waals surface area contributed by atoms with Crippen molar-refractivity contribution in [2.75, 3.05) is 0 Å². The van der Waals surface area contributed by atoms with Crippen LogP contribution in [0.1, 0.15) is 64.2 Å². The fraction of sp³-hybridized carbons (Fsp3) is 1.00. The Morgan fingerprint density at radius 1 is 0.938 bits per heavy atom. The zero-order valence-electron chi connectivity index (χ0n) is 10.5. The minimum atomic E-state index is 0.540. The summed E-state index contributed by atoms with van der Waals surface area (Å²) in [6.45, 7) is 0. The number of fused-ring (bicyclic) bond motifs is 2. The summed E-state index contributed by atoms with van der Waals surface area (Å²) in [4.78, 5) is 0. The first kappa shape index (κ1) is 11.1. The molecule has 0 amide bonds. The largest absolute Gasteiger partial charge is 0.327 e. The summed E-state index contributed by atoms with van der Waals surface area (Å²) >= 11 is 0. The maximum absolute atomic E-state index is 6.50. The van der Waals surface area contributed by atoms with Gasteiger partial charge in [0.15, 0.2) is 0 Å². The van der Waals surface area contributed by atoms with Gasteiger partial charge >= 0.3 is 0 Å². The Kier molecular flexibility index (Phi) is 3.24. The molecule has 3 aliphatic carbocycles. The molecule has 4 unspecified atom stereocenters. The normalized spacial score (nSPS) is 41.4. The molecule has 3 rings (SSSR count). The van der Waals surface area contributed by atoms with Crippen molar-refractivity contribution in [2.24, 2.45) is 29.4 Å². The van der Waals surface area contributed by atoms with Gasteiger partial charge in [-0.2, -0.15) is 0 Å². The maximum Gasteiger partial charge on any atom is 0.00725 e. The van der Waals surface area contributed by atoms with E-state index < -0.39 is 0 Å². The van der Waals surface area contributed by atoms with E-state index in [-0.39, 0.29) is 0 Å². The third-order valence-electron chi connectivity index (χ3n) is 5.67. The summed E-state index contributed by atoms with van der Waals surface area (Å²) in [5, 5.41) is 0. The van der Waals surface area contributed by atoms with Crippen molar-refractivity contribution in [3.63, 3.8) is 0 Å². The van der Waals surface area contributed by atoms with E-state index in [1.54, 1.807) is 0 Å². The quantitative estimate of drug-likeness (QED) is 0.772. The van der Waals surface area contributed by atoms with E-state index in [2.05, 4.69) is 0 Å². The van der Waals surface area contributed by atoms with E-state index in [4.69, 9.17) is 5.73 Å². The lowest BCUT2D eigenvalue weighted by molar-refractivity contribution is 0.228. The van der Waals surface area contributed by atoms with Gasteiger partial charge in [-0.05, 0) is 49.4 Å². The van der Waals surface area contributed by atoms with Crippen LogP contribution in [0.25, 0.3) is 0 Å². The first-order valence-electron chi connectivity index (χ1n) is 7.58. The Bertz CT molecular complexity index is 232. The SMILES string of the molecule is NC(CC1CCCCC1)C1CC2CCC1C2. The summed E-state index contributed by atoms with van der Waals surface area (Å²) < 4.78 is 0. The second kappa shape index (κ2) is 4.68. The Hall–Kier alpha value is -0.0400. The topological polar surface area (TPSA) is 26.0 Å². The lowest BCUT2D eigenvalue weighted by Crippen LogP contribution is -2.35. The molecule has 3 aliphatic rings. The molecule has 16 heavy (non-hydrogen) atoms. The summed E-state index contributed by atoms with van der Waals surface area (Å²) in [6, 6.07) is 0.540. The molecule has 0 heterocycles. The molecule has 4 atom stereocenters. The van der Waals surface area contributed by atoms with Crippen LogP contribution in [-0.2, 0) is 0 Å². The van der Waals surface area contributed by atoms with E-state index >= 15 is 0 Å². The Balaban J connectivity index is 1.51. The van der Waals surface area contributed by atoms with Gasteiger partial charge in [-0.1, -0.05) is 38.5 Å². The molecule has 3 fully saturated rings. The minimum absolute atomic E-state index is 0.540. The van der Waals surface area contributed by atoms with Crippen molar-refractivity contribution < 1.29 is 0 Å². The van der Waals surface area contributed by atoms with Crippen LogP contribution in [0.4, 0.5) is 0 Å². The molecular weight excluding hydrogens is 194 g/mol. The number of hydrogen-bond acceptors (Lipinski definition) is 1. The summed E-state index contributed by atoms with van der Waals surface area (Å²) in [6.07, 6.45) is 14.7. The zero-order chi connectivity index (χ0) is 11.0. The number of nitrogens with two attached hydrogens (primary N) is 1. The van der Waals surface area contributed by atoms with E-state index in [0.29, 0.717) is 6.04 Å². The van der Waals surface area contributed by atoms with E-state index in [0.717, 1.165) is 23.7 Å². The van der Waals surface area contributed by atoms with Crippen LogP contribution in [0.2, 0.25) is 0 Å². The lowest BCUT2D eigenvalue weighted by atomic mass is 9.77. The van der Waals surface area contributed by atoms with Gasteiger partial charge in [-0.15, -0.1) is 0 Å². The lowest BCUT2D eigenvalue weighted by Gasteiger charge is -2.31. The summed E-state index contributed by atoms with van der Waals surface area (Å²) in [7, 11) is 0. The fourth-order valence-electron chi connectivity index (χ4n) is 4.80. The number of hydrogen-bond donors (Lipinski definition) is 1. The van der Waals surface area contributed by atoms with Crippen LogP contribution in [-0.4, -0.2) is 6.04 Å². The van der Waals surface area contributed by atoms with Gasteiger partial charge in [0.1, 0.15) is 0 Å². The molecule has 0 spiro atoms. The summed E-state index contributed by atoms with van der Waals surface area (Å²) in [5.74, 6) is 3.96. The van der Waals surface area contributed by atoms with Crippen molar-refractivity contribution in [1.82, 2.24) is 0 Å². The molecule has 1 nitrogen and oxygen atoms in total. The molecule has 0 aromatic rings. The minimum Gasteiger partial charge on any atom is -0.327 e. The predicted molar refractivity (Wildman–Crippen MR) is 68.1 cm³/mol.